The number of ether oxygens (including phenoxy) is 2. The molecule has 1 heterocycles. The van der Waals surface area contributed by atoms with E-state index in [9.17, 15) is 12.8 Å². The Balaban J connectivity index is 1.87. The van der Waals surface area contributed by atoms with E-state index in [0.29, 0.717) is 5.56 Å². The number of rotatable bonds is 7. The zero-order valence-electron chi connectivity index (χ0n) is 15.4. The quantitative estimate of drug-likeness (QED) is 0.533. The van der Waals surface area contributed by atoms with Crippen LogP contribution in [0.2, 0.25) is 10.0 Å². The first-order valence-electron chi connectivity index (χ1n) is 8.29. The second kappa shape index (κ2) is 9.00. The van der Waals surface area contributed by atoms with Gasteiger partial charge in [-0.3, -0.25) is 4.72 Å². The van der Waals surface area contributed by atoms with Crippen LogP contribution < -0.4 is 19.9 Å². The number of nitrogens with one attached hydrogen (secondary N) is 1. The minimum absolute atomic E-state index is 0.0458. The van der Waals surface area contributed by atoms with Crippen molar-refractivity contribution in [3.8, 4) is 17.5 Å². The summed E-state index contributed by atoms with van der Waals surface area (Å²) in [5.74, 6) is -0.799. The number of anilines is 1. The molecule has 0 unspecified atom stereocenters. The lowest BCUT2D eigenvalue weighted by molar-refractivity contribution is 0.382. The Morgan fingerprint density at radius 2 is 2.00 bits per heavy atom. The summed E-state index contributed by atoms with van der Waals surface area (Å²) in [6, 6.07) is 8.32. The molecular formula is C18H15Cl2FN4O4S. The van der Waals surface area contributed by atoms with E-state index in [1.165, 1.54) is 37.4 Å². The summed E-state index contributed by atoms with van der Waals surface area (Å²) >= 11 is 11.9. The topological polar surface area (TPSA) is 116 Å². The number of aromatic nitrogens is 2. The Bertz CT molecular complexity index is 1190. The van der Waals surface area contributed by atoms with Crippen molar-refractivity contribution in [3.05, 3.63) is 64.0 Å². The molecule has 2 aromatic carbocycles. The Morgan fingerprint density at radius 3 is 2.67 bits per heavy atom. The molecule has 30 heavy (non-hydrogen) atoms. The van der Waals surface area contributed by atoms with Crippen LogP contribution in [0.4, 0.5) is 10.2 Å². The molecule has 158 valence electrons. The maximum Gasteiger partial charge on any atom is 0.264 e. The molecule has 0 aliphatic heterocycles. The normalized spacial score (nSPS) is 11.2. The highest BCUT2D eigenvalue weighted by Crippen LogP contribution is 2.32. The minimum Gasteiger partial charge on any atom is -0.478 e. The van der Waals surface area contributed by atoms with Crippen molar-refractivity contribution in [1.82, 2.24) is 9.97 Å². The van der Waals surface area contributed by atoms with E-state index in [2.05, 4.69) is 14.7 Å². The monoisotopic (exact) mass is 472 g/mol. The third kappa shape index (κ3) is 4.73. The van der Waals surface area contributed by atoms with Crippen LogP contribution in [-0.2, 0) is 16.6 Å². The van der Waals surface area contributed by atoms with Gasteiger partial charge in [0, 0.05) is 18.2 Å². The molecule has 3 aromatic rings. The number of sulfonamides is 1. The average molecular weight is 473 g/mol. The van der Waals surface area contributed by atoms with Crippen LogP contribution in [-0.4, -0.2) is 25.5 Å². The van der Waals surface area contributed by atoms with Gasteiger partial charge in [-0.25, -0.2) is 17.8 Å². The number of hydrogen-bond acceptors (Lipinski definition) is 7. The van der Waals surface area contributed by atoms with E-state index in [1.807, 2.05) is 0 Å². The highest BCUT2D eigenvalue weighted by Gasteiger charge is 2.23. The van der Waals surface area contributed by atoms with Crippen LogP contribution in [0.3, 0.4) is 0 Å². The van der Waals surface area contributed by atoms with E-state index < -0.39 is 15.8 Å². The fourth-order valence-corrected chi connectivity index (χ4v) is 4.14. The lowest BCUT2D eigenvalue weighted by Crippen LogP contribution is -2.15. The van der Waals surface area contributed by atoms with Crippen LogP contribution in [0, 0.1) is 5.82 Å². The van der Waals surface area contributed by atoms with Gasteiger partial charge in [-0.1, -0.05) is 35.3 Å². The summed E-state index contributed by atoms with van der Waals surface area (Å²) in [6.45, 7) is 0.0469. The first-order valence-corrected chi connectivity index (χ1v) is 10.5. The third-order valence-corrected chi connectivity index (χ3v) is 6.13. The van der Waals surface area contributed by atoms with Crippen molar-refractivity contribution >= 4 is 39.0 Å². The van der Waals surface area contributed by atoms with Gasteiger partial charge in [0.15, 0.2) is 0 Å². The smallest absolute Gasteiger partial charge is 0.264 e. The average Bonchev–Trinajstić information content (AvgIpc) is 2.71. The van der Waals surface area contributed by atoms with Crippen LogP contribution in [0.1, 0.15) is 5.56 Å². The van der Waals surface area contributed by atoms with E-state index >= 15 is 0 Å². The number of nitrogens with zero attached hydrogens (tertiary/aromatic N) is 2. The number of benzene rings is 2. The zero-order chi connectivity index (χ0) is 21.9. The molecule has 0 aliphatic rings. The van der Waals surface area contributed by atoms with E-state index in [1.54, 1.807) is 0 Å². The molecule has 0 aliphatic carbocycles. The van der Waals surface area contributed by atoms with Gasteiger partial charge in [0.05, 0.1) is 23.4 Å². The molecule has 8 nitrogen and oxygen atoms in total. The molecule has 0 radical (unpaired) electrons. The maximum absolute atomic E-state index is 13.9. The first kappa shape index (κ1) is 22.0. The third-order valence-electron chi connectivity index (χ3n) is 3.82. The summed E-state index contributed by atoms with van der Waals surface area (Å²) in [5.41, 5.74) is 5.76. The van der Waals surface area contributed by atoms with Gasteiger partial charge in [0.1, 0.15) is 16.5 Å². The SMILES string of the molecule is COc1nc(Oc2ccc(CN)c(F)c2)cnc1NS(=O)(=O)c1cccc(Cl)c1Cl. The van der Waals surface area contributed by atoms with Crippen molar-refractivity contribution < 1.29 is 22.3 Å². The number of hydrogen-bond donors (Lipinski definition) is 2. The minimum atomic E-state index is -4.14. The zero-order valence-corrected chi connectivity index (χ0v) is 17.7. The van der Waals surface area contributed by atoms with Gasteiger partial charge in [-0.2, -0.15) is 4.98 Å². The molecule has 12 heteroatoms. The van der Waals surface area contributed by atoms with Crippen LogP contribution in [0.5, 0.6) is 17.5 Å². The van der Waals surface area contributed by atoms with E-state index in [-0.39, 0.29) is 44.8 Å². The van der Waals surface area contributed by atoms with Gasteiger partial charge in [0.25, 0.3) is 15.9 Å². The number of nitrogens with two attached hydrogens (primary N) is 1. The molecule has 3 rings (SSSR count). The molecule has 0 spiro atoms. The molecule has 0 amide bonds. The van der Waals surface area contributed by atoms with Crippen molar-refractivity contribution in [2.24, 2.45) is 5.73 Å². The largest absolute Gasteiger partial charge is 0.478 e. The van der Waals surface area contributed by atoms with Crippen molar-refractivity contribution in [2.45, 2.75) is 11.4 Å². The van der Waals surface area contributed by atoms with Crippen molar-refractivity contribution in [2.75, 3.05) is 11.8 Å². The molecule has 0 bridgehead atoms. The summed E-state index contributed by atoms with van der Waals surface area (Å²) < 4.78 is 51.9. The van der Waals surface area contributed by atoms with Crippen molar-refractivity contribution in [1.29, 1.82) is 0 Å². The highest BCUT2D eigenvalue weighted by molar-refractivity contribution is 7.92. The van der Waals surface area contributed by atoms with Gasteiger partial charge >= 0.3 is 0 Å². The molecule has 0 atom stereocenters. The standard InChI is InChI=1S/C18H15Cl2FN4O4S/c1-28-18-17(25-30(26,27)14-4-2-3-12(19)16(14)20)23-9-15(24-18)29-11-6-5-10(8-22)13(21)7-11/h2-7,9H,8,22H2,1H3,(H,23,25). The summed E-state index contributed by atoms with van der Waals surface area (Å²) in [5, 5.41) is -0.0595. The summed E-state index contributed by atoms with van der Waals surface area (Å²) in [6.07, 6.45) is 1.15. The molecule has 3 N–H and O–H groups in total. The fraction of sp³-hybridized carbons (Fsp3) is 0.111. The Morgan fingerprint density at radius 1 is 1.23 bits per heavy atom. The molecular weight excluding hydrogens is 458 g/mol. The summed E-state index contributed by atoms with van der Waals surface area (Å²) in [4.78, 5) is 7.77. The maximum atomic E-state index is 13.9. The predicted octanol–water partition coefficient (Wildman–Crippen LogP) is 3.98. The van der Waals surface area contributed by atoms with Gasteiger partial charge < -0.3 is 15.2 Å². The number of halogens is 3. The van der Waals surface area contributed by atoms with Crippen LogP contribution in [0.25, 0.3) is 0 Å². The molecule has 0 saturated heterocycles. The second-order valence-electron chi connectivity index (χ2n) is 5.78. The highest BCUT2D eigenvalue weighted by atomic mass is 35.5. The lowest BCUT2D eigenvalue weighted by atomic mass is 10.2. The van der Waals surface area contributed by atoms with E-state index in [0.717, 1.165) is 12.3 Å². The Labute approximate surface area is 181 Å². The van der Waals surface area contributed by atoms with Gasteiger partial charge in [0.2, 0.25) is 11.7 Å². The molecule has 0 fully saturated rings. The number of methoxy groups -OCH3 is 1. The second-order valence-corrected chi connectivity index (χ2v) is 8.22. The Hall–Kier alpha value is -2.66. The first-order chi connectivity index (χ1) is 14.2. The molecule has 1 aromatic heterocycles. The Kier molecular flexibility index (Phi) is 6.61. The van der Waals surface area contributed by atoms with Crippen molar-refractivity contribution in [3.63, 3.8) is 0 Å². The van der Waals surface area contributed by atoms with Gasteiger partial charge in [-0.05, 0) is 18.2 Å². The van der Waals surface area contributed by atoms with Gasteiger partial charge in [-0.15, -0.1) is 0 Å². The predicted molar refractivity (Wildman–Crippen MR) is 110 cm³/mol. The fourth-order valence-electron chi connectivity index (χ4n) is 2.37. The van der Waals surface area contributed by atoms with Crippen LogP contribution in [0.15, 0.2) is 47.5 Å². The van der Waals surface area contributed by atoms with Crippen LogP contribution >= 0.6 is 23.2 Å². The van der Waals surface area contributed by atoms with E-state index in [4.69, 9.17) is 38.4 Å². The molecule has 0 saturated carbocycles. The summed E-state index contributed by atoms with van der Waals surface area (Å²) in [7, 11) is -2.86. The lowest BCUT2D eigenvalue weighted by Gasteiger charge is -2.13.